The normalized spacial score (nSPS) is 23.3. The van der Waals surface area contributed by atoms with Crippen molar-refractivity contribution in [1.29, 1.82) is 0 Å². The minimum absolute atomic E-state index is 0.118. The van der Waals surface area contributed by atoms with E-state index in [9.17, 15) is 17.6 Å². The second kappa shape index (κ2) is 6.72. The molecule has 118 valence electrons. The van der Waals surface area contributed by atoms with Gasteiger partial charge in [0.2, 0.25) is 0 Å². The molecule has 7 heteroatoms. The quantitative estimate of drug-likeness (QED) is 0.441. The fourth-order valence-corrected chi connectivity index (χ4v) is 2.42. The number of rotatable bonds is 8. The van der Waals surface area contributed by atoms with E-state index in [2.05, 4.69) is 5.43 Å². The first-order chi connectivity index (χ1) is 9.95. The van der Waals surface area contributed by atoms with Gasteiger partial charge in [-0.1, -0.05) is 30.3 Å². The van der Waals surface area contributed by atoms with Crippen LogP contribution in [0.5, 0.6) is 0 Å². The summed E-state index contributed by atoms with van der Waals surface area (Å²) in [5.74, 6) is 1.74. The Morgan fingerprint density at radius 2 is 1.95 bits per heavy atom. The minimum atomic E-state index is -4.12. The van der Waals surface area contributed by atoms with Crippen LogP contribution in [0, 0.1) is 5.92 Å². The first-order valence-electron chi connectivity index (χ1n) is 6.70. The van der Waals surface area contributed by atoms with Crippen LogP contribution < -0.4 is 11.3 Å². The van der Waals surface area contributed by atoms with Crippen LogP contribution in [0.1, 0.15) is 17.9 Å². The summed E-state index contributed by atoms with van der Waals surface area (Å²) in [6, 6.07) is 9.41. The Morgan fingerprint density at radius 1 is 1.29 bits per heavy atom. The molecule has 1 fully saturated rings. The molecule has 0 heterocycles. The van der Waals surface area contributed by atoms with Gasteiger partial charge in [-0.15, -0.1) is 0 Å². The van der Waals surface area contributed by atoms with Crippen LogP contribution in [-0.4, -0.2) is 31.6 Å². The topological polar surface area (TPSA) is 47.3 Å². The maximum absolute atomic E-state index is 12.7. The van der Waals surface area contributed by atoms with Crippen molar-refractivity contribution in [3.63, 3.8) is 0 Å². The lowest BCUT2D eigenvalue weighted by Gasteiger charge is -2.19. The van der Waals surface area contributed by atoms with Crippen LogP contribution >= 0.6 is 0 Å². The number of nitrogens with two attached hydrogens (primary N) is 1. The first kappa shape index (κ1) is 16.2. The van der Waals surface area contributed by atoms with Crippen LogP contribution in [0.2, 0.25) is 0 Å². The lowest BCUT2D eigenvalue weighted by Crippen LogP contribution is -2.42. The number of halogens is 4. The highest BCUT2D eigenvalue weighted by Gasteiger charge is 2.45. The van der Waals surface area contributed by atoms with Gasteiger partial charge in [-0.05, 0) is 23.8 Å². The molecule has 0 aliphatic heterocycles. The summed E-state index contributed by atoms with van der Waals surface area (Å²) < 4.78 is 54.2. The number of hydrogen-bond donors (Lipinski definition) is 2. The molecule has 0 radical (unpaired) electrons. The number of hydrazine groups is 1. The fourth-order valence-electron chi connectivity index (χ4n) is 2.42. The highest BCUT2D eigenvalue weighted by atomic mass is 19.3. The fraction of sp³-hybridized carbons (Fsp3) is 0.571. The van der Waals surface area contributed by atoms with Crippen molar-refractivity contribution in [1.82, 2.24) is 5.43 Å². The third kappa shape index (κ3) is 4.15. The van der Waals surface area contributed by atoms with Gasteiger partial charge in [0.1, 0.15) is 6.61 Å². The predicted octanol–water partition coefficient (Wildman–Crippen LogP) is 2.54. The van der Waals surface area contributed by atoms with Crippen LogP contribution in [-0.2, 0) is 4.74 Å². The molecule has 1 saturated carbocycles. The minimum Gasteiger partial charge on any atom is -0.373 e. The molecule has 0 spiro atoms. The average molecular weight is 306 g/mol. The van der Waals surface area contributed by atoms with Crippen LogP contribution in [0.15, 0.2) is 30.3 Å². The maximum Gasteiger partial charge on any atom is 0.330 e. The van der Waals surface area contributed by atoms with E-state index in [1.165, 1.54) is 0 Å². The summed E-state index contributed by atoms with van der Waals surface area (Å²) in [7, 11) is 0. The summed E-state index contributed by atoms with van der Waals surface area (Å²) >= 11 is 0. The van der Waals surface area contributed by atoms with Gasteiger partial charge in [0, 0.05) is 6.04 Å². The third-order valence-electron chi connectivity index (χ3n) is 3.71. The first-order valence-corrected chi connectivity index (χ1v) is 6.70. The summed E-state index contributed by atoms with van der Waals surface area (Å²) in [6.45, 7) is -1.42. The standard InChI is InChI=1S/C14H18F4N2O/c15-13(16)14(17,18)8-21-7-12(20-19)11-6-10(11)9-4-2-1-3-5-9/h1-5,10-13,20H,6-8,19H2. The molecule has 1 aliphatic carbocycles. The van der Waals surface area contributed by atoms with Crippen LogP contribution in [0.3, 0.4) is 0 Å². The van der Waals surface area contributed by atoms with Crippen molar-refractivity contribution in [2.75, 3.05) is 13.2 Å². The van der Waals surface area contributed by atoms with Crippen molar-refractivity contribution in [2.45, 2.75) is 30.7 Å². The smallest absolute Gasteiger partial charge is 0.330 e. The lowest BCUT2D eigenvalue weighted by molar-refractivity contribution is -0.167. The van der Waals surface area contributed by atoms with Crippen molar-refractivity contribution in [2.24, 2.45) is 11.8 Å². The molecule has 2 rings (SSSR count). The van der Waals surface area contributed by atoms with Crippen molar-refractivity contribution < 1.29 is 22.3 Å². The second-order valence-electron chi connectivity index (χ2n) is 5.27. The number of alkyl halides is 4. The summed E-state index contributed by atoms with van der Waals surface area (Å²) in [4.78, 5) is 0. The Kier molecular flexibility index (Phi) is 5.18. The number of benzene rings is 1. The van der Waals surface area contributed by atoms with E-state index in [1.54, 1.807) is 0 Å². The monoisotopic (exact) mass is 306 g/mol. The Bertz CT molecular complexity index is 444. The van der Waals surface area contributed by atoms with Crippen molar-refractivity contribution in [3.8, 4) is 0 Å². The molecule has 1 aromatic carbocycles. The molecule has 3 N–H and O–H groups in total. The van der Waals surface area contributed by atoms with Gasteiger partial charge in [0.25, 0.3) is 0 Å². The van der Waals surface area contributed by atoms with Gasteiger partial charge in [0.05, 0.1) is 6.61 Å². The van der Waals surface area contributed by atoms with E-state index in [4.69, 9.17) is 10.6 Å². The Labute approximate surface area is 120 Å². The summed E-state index contributed by atoms with van der Waals surface area (Å²) in [6.07, 6.45) is -2.85. The number of ether oxygens (including phenoxy) is 1. The SMILES string of the molecule is NNC(COCC(F)(F)C(F)F)C1CC1c1ccccc1. The molecule has 0 saturated heterocycles. The van der Waals surface area contributed by atoms with Gasteiger partial charge in [-0.3, -0.25) is 11.3 Å². The molecule has 0 aromatic heterocycles. The molecule has 1 aromatic rings. The highest BCUT2D eigenvalue weighted by Crippen LogP contribution is 2.49. The van der Waals surface area contributed by atoms with E-state index < -0.39 is 19.0 Å². The molecule has 3 unspecified atom stereocenters. The van der Waals surface area contributed by atoms with E-state index in [1.807, 2.05) is 30.3 Å². The average Bonchev–Trinajstić information content (AvgIpc) is 3.24. The molecule has 0 amide bonds. The van der Waals surface area contributed by atoms with Gasteiger partial charge < -0.3 is 4.74 Å². The van der Waals surface area contributed by atoms with E-state index in [0.29, 0.717) is 5.92 Å². The lowest BCUT2D eigenvalue weighted by atomic mass is 10.1. The number of nitrogens with one attached hydrogen (secondary N) is 1. The summed E-state index contributed by atoms with van der Waals surface area (Å²) in [5.41, 5.74) is 3.68. The van der Waals surface area contributed by atoms with E-state index in [-0.39, 0.29) is 18.6 Å². The maximum atomic E-state index is 12.7. The van der Waals surface area contributed by atoms with E-state index in [0.717, 1.165) is 12.0 Å². The molecular weight excluding hydrogens is 288 g/mol. The zero-order chi connectivity index (χ0) is 15.5. The second-order valence-corrected chi connectivity index (χ2v) is 5.27. The molecular formula is C14H18F4N2O. The third-order valence-corrected chi connectivity index (χ3v) is 3.71. The molecule has 3 atom stereocenters. The van der Waals surface area contributed by atoms with Gasteiger partial charge in [0.15, 0.2) is 0 Å². The molecule has 3 nitrogen and oxygen atoms in total. The van der Waals surface area contributed by atoms with Gasteiger partial charge >= 0.3 is 12.3 Å². The molecule has 1 aliphatic rings. The Morgan fingerprint density at radius 3 is 2.52 bits per heavy atom. The molecule has 21 heavy (non-hydrogen) atoms. The predicted molar refractivity (Wildman–Crippen MR) is 70.2 cm³/mol. The van der Waals surface area contributed by atoms with Gasteiger partial charge in [-0.25, -0.2) is 8.78 Å². The zero-order valence-corrected chi connectivity index (χ0v) is 11.3. The Balaban J connectivity index is 1.80. The van der Waals surface area contributed by atoms with Crippen LogP contribution in [0.4, 0.5) is 17.6 Å². The largest absolute Gasteiger partial charge is 0.373 e. The van der Waals surface area contributed by atoms with Crippen LogP contribution in [0.25, 0.3) is 0 Å². The zero-order valence-electron chi connectivity index (χ0n) is 11.3. The van der Waals surface area contributed by atoms with Crippen molar-refractivity contribution >= 4 is 0 Å². The summed E-state index contributed by atoms with van der Waals surface area (Å²) in [5, 5.41) is 0. The van der Waals surface area contributed by atoms with Crippen molar-refractivity contribution in [3.05, 3.63) is 35.9 Å². The number of hydrogen-bond acceptors (Lipinski definition) is 3. The van der Waals surface area contributed by atoms with Gasteiger partial charge in [-0.2, -0.15) is 8.78 Å². The molecule has 0 bridgehead atoms. The van der Waals surface area contributed by atoms with E-state index >= 15 is 0 Å². The Hall–Kier alpha value is -1.18. The highest BCUT2D eigenvalue weighted by molar-refractivity contribution is 5.26.